The highest BCUT2D eigenvalue weighted by Gasteiger charge is 2.35. The molecule has 0 aliphatic heterocycles. The molecule has 3 N–H and O–H groups in total. The zero-order chi connectivity index (χ0) is 17.9. The van der Waals surface area contributed by atoms with Gasteiger partial charge < -0.3 is 15.8 Å². The lowest BCUT2D eigenvalue weighted by molar-refractivity contribution is -0.125. The molecule has 0 bridgehead atoms. The van der Waals surface area contributed by atoms with E-state index in [1.807, 2.05) is 0 Å². The Labute approximate surface area is 153 Å². The Morgan fingerprint density at radius 3 is 2.50 bits per heavy atom. The Bertz CT molecular complexity index is 727. The standard InChI is InChI=1S/C14H13Cl3N4O3/c15-8-10(19)9(16)12(17)20-11(8)13(23)24-5-7(22)21-14(6-18)3-1-2-4-14/h1-5H2,(H2,19,20)(H,21,22). The van der Waals surface area contributed by atoms with Gasteiger partial charge >= 0.3 is 5.97 Å². The number of nitrogens with two attached hydrogens (primary N) is 1. The fourth-order valence-electron chi connectivity index (χ4n) is 2.41. The van der Waals surface area contributed by atoms with Gasteiger partial charge in [0.25, 0.3) is 5.91 Å². The quantitative estimate of drug-likeness (QED) is 0.602. The summed E-state index contributed by atoms with van der Waals surface area (Å²) in [5, 5.41) is 11.3. The molecule has 7 nitrogen and oxygen atoms in total. The van der Waals surface area contributed by atoms with Crippen molar-refractivity contribution < 1.29 is 14.3 Å². The van der Waals surface area contributed by atoms with E-state index in [2.05, 4.69) is 16.4 Å². The van der Waals surface area contributed by atoms with E-state index in [0.717, 1.165) is 12.8 Å². The van der Waals surface area contributed by atoms with Crippen LogP contribution in [0.5, 0.6) is 0 Å². The first-order valence-electron chi connectivity index (χ1n) is 6.99. The molecular weight excluding hydrogens is 379 g/mol. The molecule has 0 unspecified atom stereocenters. The molecule has 1 amide bonds. The molecule has 0 aromatic carbocycles. The maximum Gasteiger partial charge on any atom is 0.359 e. The third-order valence-corrected chi connectivity index (χ3v) is 4.78. The molecule has 1 aromatic rings. The Balaban J connectivity index is 2.01. The van der Waals surface area contributed by atoms with Crippen molar-refractivity contribution in [2.75, 3.05) is 12.3 Å². The molecule has 0 saturated heterocycles. The Hall–Kier alpha value is -1.75. The number of pyridine rings is 1. The molecule has 0 atom stereocenters. The van der Waals surface area contributed by atoms with E-state index in [-0.39, 0.29) is 26.6 Å². The van der Waals surface area contributed by atoms with Gasteiger partial charge in [-0.25, -0.2) is 9.78 Å². The zero-order valence-corrected chi connectivity index (χ0v) is 14.6. The van der Waals surface area contributed by atoms with Gasteiger partial charge in [0.1, 0.15) is 10.6 Å². The molecule has 24 heavy (non-hydrogen) atoms. The highest BCUT2D eigenvalue weighted by atomic mass is 35.5. The summed E-state index contributed by atoms with van der Waals surface area (Å²) in [6.07, 6.45) is 2.85. The van der Waals surface area contributed by atoms with Gasteiger partial charge in [-0.3, -0.25) is 4.79 Å². The van der Waals surface area contributed by atoms with Crippen LogP contribution in [-0.2, 0) is 9.53 Å². The van der Waals surface area contributed by atoms with Crippen molar-refractivity contribution in [1.82, 2.24) is 10.3 Å². The summed E-state index contributed by atoms with van der Waals surface area (Å²) in [5.41, 5.74) is 4.27. The Morgan fingerprint density at radius 1 is 1.29 bits per heavy atom. The van der Waals surface area contributed by atoms with Crippen LogP contribution >= 0.6 is 34.8 Å². The van der Waals surface area contributed by atoms with E-state index in [0.29, 0.717) is 12.8 Å². The number of amides is 1. The van der Waals surface area contributed by atoms with Gasteiger partial charge in [0.15, 0.2) is 17.5 Å². The Kier molecular flexibility index (Phi) is 5.75. The molecule has 128 valence electrons. The van der Waals surface area contributed by atoms with Crippen molar-refractivity contribution >= 4 is 52.4 Å². The van der Waals surface area contributed by atoms with Gasteiger partial charge in [-0.2, -0.15) is 5.26 Å². The van der Waals surface area contributed by atoms with Crippen LogP contribution in [0.4, 0.5) is 5.69 Å². The molecule has 1 fully saturated rings. The number of hydrogen-bond donors (Lipinski definition) is 2. The summed E-state index contributed by atoms with van der Waals surface area (Å²) in [4.78, 5) is 27.6. The van der Waals surface area contributed by atoms with E-state index in [4.69, 9.17) is 45.3 Å². The number of carbonyl (C=O) groups excluding carboxylic acids is 2. The number of nitrogens with zero attached hydrogens (tertiary/aromatic N) is 2. The van der Waals surface area contributed by atoms with E-state index < -0.39 is 24.0 Å². The lowest BCUT2D eigenvalue weighted by atomic mass is 10.00. The molecule has 0 radical (unpaired) electrons. The number of hydrogen-bond acceptors (Lipinski definition) is 6. The van der Waals surface area contributed by atoms with Gasteiger partial charge in [0.2, 0.25) is 0 Å². The van der Waals surface area contributed by atoms with Gasteiger partial charge in [-0.15, -0.1) is 0 Å². The van der Waals surface area contributed by atoms with Crippen LogP contribution in [-0.4, -0.2) is 29.0 Å². The minimum Gasteiger partial charge on any atom is -0.451 e. The van der Waals surface area contributed by atoms with Gasteiger partial charge in [0, 0.05) is 0 Å². The molecule has 1 aromatic heterocycles. The van der Waals surface area contributed by atoms with Crippen LogP contribution in [0.2, 0.25) is 15.2 Å². The average Bonchev–Trinajstić information content (AvgIpc) is 3.03. The van der Waals surface area contributed by atoms with Gasteiger partial charge in [-0.1, -0.05) is 34.8 Å². The summed E-state index contributed by atoms with van der Waals surface area (Å²) in [5.74, 6) is -1.56. The van der Waals surface area contributed by atoms with Crippen molar-refractivity contribution in [3.63, 3.8) is 0 Å². The predicted molar refractivity (Wildman–Crippen MR) is 88.9 cm³/mol. The third-order valence-electron chi connectivity index (χ3n) is 3.65. The minimum absolute atomic E-state index is 0.0758. The van der Waals surface area contributed by atoms with Crippen molar-refractivity contribution in [3.05, 3.63) is 20.9 Å². The Morgan fingerprint density at radius 2 is 1.92 bits per heavy atom. The number of esters is 1. The number of aromatic nitrogens is 1. The molecule has 0 spiro atoms. The summed E-state index contributed by atoms with van der Waals surface area (Å²) in [7, 11) is 0. The van der Waals surface area contributed by atoms with E-state index in [1.165, 1.54) is 0 Å². The van der Waals surface area contributed by atoms with Crippen LogP contribution in [0.15, 0.2) is 0 Å². The first-order chi connectivity index (χ1) is 11.3. The average molecular weight is 392 g/mol. The first kappa shape index (κ1) is 18.6. The number of rotatable bonds is 4. The normalized spacial score (nSPS) is 15.6. The number of anilines is 1. The molecule has 2 rings (SSSR count). The molecule has 1 aliphatic carbocycles. The minimum atomic E-state index is -0.974. The fraction of sp³-hybridized carbons (Fsp3) is 0.429. The van der Waals surface area contributed by atoms with Crippen molar-refractivity contribution in [2.24, 2.45) is 0 Å². The molecular formula is C14H13Cl3N4O3. The van der Waals surface area contributed by atoms with Crippen molar-refractivity contribution in [1.29, 1.82) is 5.26 Å². The summed E-state index contributed by atoms with van der Waals surface area (Å²) in [6.45, 7) is -0.583. The molecule has 1 heterocycles. The number of carbonyl (C=O) groups is 2. The SMILES string of the molecule is N#CC1(NC(=O)COC(=O)c2nc(Cl)c(Cl)c(N)c2Cl)CCCC1. The highest BCUT2D eigenvalue weighted by Crippen LogP contribution is 2.34. The number of halogens is 3. The summed E-state index contributed by atoms with van der Waals surface area (Å²) < 4.78 is 4.86. The second kappa shape index (κ2) is 7.43. The van der Waals surface area contributed by atoms with E-state index >= 15 is 0 Å². The predicted octanol–water partition coefficient (Wildman–Crippen LogP) is 2.73. The summed E-state index contributed by atoms with van der Waals surface area (Å²) in [6, 6.07) is 2.10. The molecule has 10 heteroatoms. The molecule has 1 aliphatic rings. The number of nitrogen functional groups attached to an aromatic ring is 1. The van der Waals surface area contributed by atoms with Gasteiger partial charge in [-0.05, 0) is 25.7 Å². The maximum absolute atomic E-state index is 12.0. The topological polar surface area (TPSA) is 118 Å². The van der Waals surface area contributed by atoms with Crippen LogP contribution in [0.25, 0.3) is 0 Å². The largest absolute Gasteiger partial charge is 0.451 e. The lowest BCUT2D eigenvalue weighted by Gasteiger charge is -2.21. The van der Waals surface area contributed by atoms with Crippen LogP contribution in [0.1, 0.15) is 36.2 Å². The van der Waals surface area contributed by atoms with Gasteiger partial charge in [0.05, 0.1) is 16.8 Å². The third kappa shape index (κ3) is 3.83. The zero-order valence-electron chi connectivity index (χ0n) is 12.4. The number of ether oxygens (including phenoxy) is 1. The van der Waals surface area contributed by atoms with E-state index in [1.54, 1.807) is 0 Å². The first-order valence-corrected chi connectivity index (χ1v) is 8.12. The molecule has 1 saturated carbocycles. The second-order valence-electron chi connectivity index (χ2n) is 5.32. The second-order valence-corrected chi connectivity index (χ2v) is 6.43. The smallest absolute Gasteiger partial charge is 0.359 e. The van der Waals surface area contributed by atoms with Crippen LogP contribution in [0.3, 0.4) is 0 Å². The maximum atomic E-state index is 12.0. The summed E-state index contributed by atoms with van der Waals surface area (Å²) >= 11 is 17.4. The fourth-order valence-corrected chi connectivity index (χ4v) is 3.00. The lowest BCUT2D eigenvalue weighted by Crippen LogP contribution is -2.46. The van der Waals surface area contributed by atoms with Crippen LogP contribution < -0.4 is 11.1 Å². The van der Waals surface area contributed by atoms with Crippen molar-refractivity contribution in [3.8, 4) is 6.07 Å². The van der Waals surface area contributed by atoms with E-state index in [9.17, 15) is 14.9 Å². The van der Waals surface area contributed by atoms with Crippen molar-refractivity contribution in [2.45, 2.75) is 31.2 Å². The number of nitrogens with one attached hydrogen (secondary N) is 1. The highest BCUT2D eigenvalue weighted by molar-refractivity contribution is 6.46. The monoisotopic (exact) mass is 390 g/mol. The number of nitriles is 1. The van der Waals surface area contributed by atoms with Crippen LogP contribution in [0, 0.1) is 11.3 Å².